The highest BCUT2D eigenvalue weighted by Gasteiger charge is 2.10. The van der Waals surface area contributed by atoms with Crippen molar-refractivity contribution < 1.29 is 9.53 Å². The van der Waals surface area contributed by atoms with Gasteiger partial charge in [0.1, 0.15) is 5.65 Å². The van der Waals surface area contributed by atoms with Crippen LogP contribution in [0.1, 0.15) is 5.69 Å². The van der Waals surface area contributed by atoms with Gasteiger partial charge in [0.15, 0.2) is 0 Å². The number of nitrogens with one attached hydrogen (secondary N) is 2. The number of nitrogens with zero attached hydrogens (tertiary/aromatic N) is 3. The maximum Gasteiger partial charge on any atom is 0.315 e. The first-order chi connectivity index (χ1) is 10.8. The Morgan fingerprint density at radius 3 is 2.95 bits per heavy atom. The highest BCUT2D eigenvalue weighted by Crippen LogP contribution is 2.03. The second kappa shape index (κ2) is 7.24. The SMILES string of the molecule is O=C(NCCN1CCOCC1)NCc1cn2ccccc2n1. The number of urea groups is 1. The maximum atomic E-state index is 11.8. The number of aromatic nitrogens is 2. The van der Waals surface area contributed by atoms with Crippen molar-refractivity contribution in [2.75, 3.05) is 39.4 Å². The Kier molecular flexibility index (Phi) is 4.87. The van der Waals surface area contributed by atoms with Crippen molar-refractivity contribution in [2.45, 2.75) is 6.54 Å². The monoisotopic (exact) mass is 303 g/mol. The number of hydrogen-bond donors (Lipinski definition) is 2. The summed E-state index contributed by atoms with van der Waals surface area (Å²) in [5, 5.41) is 5.70. The van der Waals surface area contributed by atoms with Crippen molar-refractivity contribution in [2.24, 2.45) is 0 Å². The molecule has 118 valence electrons. The highest BCUT2D eigenvalue weighted by atomic mass is 16.5. The molecule has 1 fully saturated rings. The number of rotatable bonds is 5. The Hall–Kier alpha value is -2.12. The topological polar surface area (TPSA) is 70.9 Å². The molecular weight excluding hydrogens is 282 g/mol. The fourth-order valence-corrected chi connectivity index (χ4v) is 2.46. The van der Waals surface area contributed by atoms with Crippen molar-refractivity contribution >= 4 is 11.7 Å². The maximum absolute atomic E-state index is 11.8. The quantitative estimate of drug-likeness (QED) is 0.842. The van der Waals surface area contributed by atoms with Gasteiger partial charge in [0, 0.05) is 38.6 Å². The van der Waals surface area contributed by atoms with E-state index in [2.05, 4.69) is 20.5 Å². The molecule has 7 heteroatoms. The third kappa shape index (κ3) is 3.96. The fourth-order valence-electron chi connectivity index (χ4n) is 2.46. The van der Waals surface area contributed by atoms with Gasteiger partial charge in [0.2, 0.25) is 0 Å². The molecule has 2 aromatic heterocycles. The lowest BCUT2D eigenvalue weighted by Crippen LogP contribution is -2.43. The Morgan fingerprint density at radius 1 is 1.27 bits per heavy atom. The van der Waals surface area contributed by atoms with E-state index < -0.39 is 0 Å². The van der Waals surface area contributed by atoms with Gasteiger partial charge < -0.3 is 19.8 Å². The largest absolute Gasteiger partial charge is 0.379 e. The van der Waals surface area contributed by atoms with Gasteiger partial charge in [-0.15, -0.1) is 0 Å². The minimum absolute atomic E-state index is 0.162. The summed E-state index contributed by atoms with van der Waals surface area (Å²) < 4.78 is 7.23. The molecule has 2 aromatic rings. The van der Waals surface area contributed by atoms with E-state index in [9.17, 15) is 4.79 Å². The van der Waals surface area contributed by atoms with Gasteiger partial charge in [0.05, 0.1) is 25.5 Å². The summed E-state index contributed by atoms with van der Waals surface area (Å²) in [4.78, 5) is 18.5. The van der Waals surface area contributed by atoms with Crippen LogP contribution in [-0.4, -0.2) is 59.7 Å². The molecule has 0 saturated carbocycles. The van der Waals surface area contributed by atoms with E-state index in [1.807, 2.05) is 35.0 Å². The van der Waals surface area contributed by atoms with Gasteiger partial charge >= 0.3 is 6.03 Å². The molecule has 0 aliphatic carbocycles. The van der Waals surface area contributed by atoms with E-state index in [0.29, 0.717) is 13.1 Å². The molecule has 3 heterocycles. The number of carbonyl (C=O) groups excluding carboxylic acids is 1. The van der Waals surface area contributed by atoms with Crippen LogP contribution in [0.3, 0.4) is 0 Å². The van der Waals surface area contributed by atoms with E-state index in [1.54, 1.807) is 0 Å². The third-order valence-corrected chi connectivity index (χ3v) is 3.66. The Bertz CT molecular complexity index is 588. The van der Waals surface area contributed by atoms with E-state index in [1.165, 1.54) is 0 Å². The number of fused-ring (bicyclic) bond motifs is 1. The molecule has 1 aliphatic rings. The van der Waals surface area contributed by atoms with Gasteiger partial charge in [0.25, 0.3) is 0 Å². The fraction of sp³-hybridized carbons (Fsp3) is 0.467. The lowest BCUT2D eigenvalue weighted by molar-refractivity contribution is 0.0387. The Balaban J connectivity index is 1.38. The van der Waals surface area contributed by atoms with Gasteiger partial charge in [-0.3, -0.25) is 4.90 Å². The number of morpholine rings is 1. The predicted octanol–water partition coefficient (Wildman–Crippen LogP) is 0.466. The van der Waals surface area contributed by atoms with Crippen molar-refractivity contribution in [1.29, 1.82) is 0 Å². The van der Waals surface area contributed by atoms with Gasteiger partial charge in [-0.05, 0) is 12.1 Å². The average molecular weight is 303 g/mol. The third-order valence-electron chi connectivity index (χ3n) is 3.66. The summed E-state index contributed by atoms with van der Waals surface area (Å²) in [5.41, 5.74) is 1.72. The molecule has 0 radical (unpaired) electrons. The van der Waals surface area contributed by atoms with Crippen LogP contribution in [0.25, 0.3) is 5.65 Å². The zero-order valence-electron chi connectivity index (χ0n) is 12.5. The Morgan fingerprint density at radius 2 is 2.14 bits per heavy atom. The predicted molar refractivity (Wildman–Crippen MR) is 82.7 cm³/mol. The lowest BCUT2D eigenvalue weighted by atomic mass is 10.4. The smallest absolute Gasteiger partial charge is 0.315 e. The molecule has 2 amide bonds. The normalized spacial score (nSPS) is 15.8. The molecule has 7 nitrogen and oxygen atoms in total. The van der Waals surface area contributed by atoms with Crippen LogP contribution in [0.15, 0.2) is 30.6 Å². The molecule has 1 aliphatic heterocycles. The van der Waals surface area contributed by atoms with Crippen LogP contribution in [0.4, 0.5) is 4.79 Å². The number of hydrogen-bond acceptors (Lipinski definition) is 4. The van der Waals surface area contributed by atoms with Crippen LogP contribution < -0.4 is 10.6 Å². The molecule has 22 heavy (non-hydrogen) atoms. The summed E-state index contributed by atoms with van der Waals surface area (Å²) in [6, 6.07) is 5.67. The second-order valence-corrected chi connectivity index (χ2v) is 5.26. The van der Waals surface area contributed by atoms with Crippen LogP contribution in [0, 0.1) is 0 Å². The molecular formula is C15H21N5O2. The molecule has 1 saturated heterocycles. The summed E-state index contributed by atoms with van der Waals surface area (Å²) in [5.74, 6) is 0. The molecule has 0 atom stereocenters. The first kappa shape index (κ1) is 14.8. The van der Waals surface area contributed by atoms with Gasteiger partial charge in [-0.2, -0.15) is 0 Å². The molecule has 0 aromatic carbocycles. The van der Waals surface area contributed by atoms with Gasteiger partial charge in [-0.25, -0.2) is 9.78 Å². The molecule has 3 rings (SSSR count). The van der Waals surface area contributed by atoms with Crippen molar-refractivity contribution in [3.63, 3.8) is 0 Å². The molecule has 0 unspecified atom stereocenters. The van der Waals surface area contributed by atoms with Crippen LogP contribution in [-0.2, 0) is 11.3 Å². The van der Waals surface area contributed by atoms with Crippen molar-refractivity contribution in [3.05, 3.63) is 36.3 Å². The van der Waals surface area contributed by atoms with E-state index in [-0.39, 0.29) is 6.03 Å². The number of ether oxygens (including phenoxy) is 1. The molecule has 0 bridgehead atoms. The summed E-state index contributed by atoms with van der Waals surface area (Å²) in [6.45, 7) is 5.34. The summed E-state index contributed by atoms with van der Waals surface area (Å²) in [6.07, 6.45) is 3.86. The van der Waals surface area contributed by atoms with E-state index in [0.717, 1.165) is 44.2 Å². The summed E-state index contributed by atoms with van der Waals surface area (Å²) in [7, 11) is 0. The number of pyridine rings is 1. The number of imidazole rings is 1. The highest BCUT2D eigenvalue weighted by molar-refractivity contribution is 5.73. The summed E-state index contributed by atoms with van der Waals surface area (Å²) >= 11 is 0. The molecule has 2 N–H and O–H groups in total. The number of amides is 2. The van der Waals surface area contributed by atoms with Crippen LogP contribution in [0.2, 0.25) is 0 Å². The second-order valence-electron chi connectivity index (χ2n) is 5.26. The average Bonchev–Trinajstić information content (AvgIpc) is 2.97. The minimum Gasteiger partial charge on any atom is -0.379 e. The van der Waals surface area contributed by atoms with E-state index >= 15 is 0 Å². The lowest BCUT2D eigenvalue weighted by Gasteiger charge is -2.26. The van der Waals surface area contributed by atoms with Crippen LogP contribution in [0.5, 0.6) is 0 Å². The standard InChI is InChI=1S/C15H21N5O2/c21-15(16-4-6-19-7-9-22-10-8-19)17-11-13-12-20-5-2-1-3-14(20)18-13/h1-3,5,12H,4,6-11H2,(H2,16,17,21). The minimum atomic E-state index is -0.162. The first-order valence-electron chi connectivity index (χ1n) is 7.56. The van der Waals surface area contributed by atoms with Crippen molar-refractivity contribution in [1.82, 2.24) is 24.9 Å². The molecule has 0 spiro atoms. The number of carbonyl (C=O) groups is 1. The van der Waals surface area contributed by atoms with Crippen LogP contribution >= 0.6 is 0 Å². The zero-order chi connectivity index (χ0) is 15.2. The van der Waals surface area contributed by atoms with Crippen molar-refractivity contribution in [3.8, 4) is 0 Å². The first-order valence-corrected chi connectivity index (χ1v) is 7.56. The van der Waals surface area contributed by atoms with E-state index in [4.69, 9.17) is 4.74 Å². The Labute approximate surface area is 129 Å². The zero-order valence-corrected chi connectivity index (χ0v) is 12.5. The van der Waals surface area contributed by atoms with Gasteiger partial charge in [-0.1, -0.05) is 6.07 Å².